The normalized spacial score (nSPS) is 35.1. The van der Waals surface area contributed by atoms with Gasteiger partial charge in [0.15, 0.2) is 0 Å². The fraction of sp³-hybridized carbons (Fsp3) is 1.00. The molecule has 1 heterocycles. The number of rotatable bonds is 2. The maximum Gasteiger partial charge on any atom is 0.211 e. The van der Waals surface area contributed by atoms with Gasteiger partial charge in [0.2, 0.25) is 10.0 Å². The Morgan fingerprint density at radius 3 is 2.20 bits per heavy atom. The SMILES string of the molecule is CC1(C2CCCCC2)CCN1S(C)(=O)=O. The molecular weight excluding hydrogens is 210 g/mol. The number of nitrogens with zero attached hydrogens (tertiary/aromatic N) is 1. The summed E-state index contributed by atoms with van der Waals surface area (Å²) < 4.78 is 24.9. The third-order valence-corrected chi connectivity index (χ3v) is 5.68. The van der Waals surface area contributed by atoms with E-state index in [1.165, 1.54) is 38.4 Å². The standard InChI is InChI=1S/C11H21NO2S/c1-11(10-6-4-3-5-7-10)8-9-12(11)15(2,13)14/h10H,3-9H2,1-2H3. The van der Waals surface area contributed by atoms with Gasteiger partial charge in [-0.1, -0.05) is 19.3 Å². The van der Waals surface area contributed by atoms with E-state index >= 15 is 0 Å². The summed E-state index contributed by atoms with van der Waals surface area (Å²) in [5.74, 6) is 0.592. The summed E-state index contributed by atoms with van der Waals surface area (Å²) in [6, 6.07) is 0. The molecule has 0 aromatic carbocycles. The minimum Gasteiger partial charge on any atom is -0.212 e. The lowest BCUT2D eigenvalue weighted by molar-refractivity contribution is 0.0121. The van der Waals surface area contributed by atoms with Gasteiger partial charge in [0.05, 0.1) is 6.26 Å². The van der Waals surface area contributed by atoms with Crippen LogP contribution in [0.15, 0.2) is 0 Å². The number of sulfonamides is 1. The minimum absolute atomic E-state index is 0.0615. The molecule has 2 aliphatic rings. The number of hydrogen-bond donors (Lipinski definition) is 0. The van der Waals surface area contributed by atoms with Crippen molar-refractivity contribution in [3.8, 4) is 0 Å². The molecule has 1 saturated heterocycles. The van der Waals surface area contributed by atoms with Gasteiger partial charge in [0, 0.05) is 12.1 Å². The van der Waals surface area contributed by atoms with Crippen LogP contribution in [0.2, 0.25) is 0 Å². The highest BCUT2D eigenvalue weighted by Crippen LogP contribution is 2.45. The summed E-state index contributed by atoms with van der Waals surface area (Å²) in [5.41, 5.74) is -0.0615. The molecule has 0 aromatic rings. The minimum atomic E-state index is -2.99. The molecule has 3 nitrogen and oxygen atoms in total. The van der Waals surface area contributed by atoms with Crippen molar-refractivity contribution >= 4 is 10.0 Å². The molecule has 15 heavy (non-hydrogen) atoms. The Kier molecular flexibility index (Phi) is 2.84. The molecule has 1 aliphatic heterocycles. The van der Waals surface area contributed by atoms with Crippen molar-refractivity contribution in [1.29, 1.82) is 0 Å². The largest absolute Gasteiger partial charge is 0.212 e. The van der Waals surface area contributed by atoms with Crippen LogP contribution in [0, 0.1) is 5.92 Å². The van der Waals surface area contributed by atoms with E-state index in [-0.39, 0.29) is 5.54 Å². The molecule has 0 aromatic heterocycles. The second-order valence-corrected chi connectivity index (χ2v) is 7.18. The lowest BCUT2D eigenvalue weighted by Gasteiger charge is -2.54. The fourth-order valence-electron chi connectivity index (χ4n) is 3.23. The summed E-state index contributed by atoms with van der Waals surface area (Å²) in [7, 11) is -2.99. The van der Waals surface area contributed by atoms with Crippen LogP contribution in [0.25, 0.3) is 0 Å². The Morgan fingerprint density at radius 1 is 1.20 bits per heavy atom. The summed E-state index contributed by atoms with van der Waals surface area (Å²) >= 11 is 0. The average Bonchev–Trinajstić information content (AvgIpc) is 2.14. The Hall–Kier alpha value is -0.0900. The zero-order chi connectivity index (χ0) is 11.1. The van der Waals surface area contributed by atoms with Crippen molar-refractivity contribution in [1.82, 2.24) is 4.31 Å². The van der Waals surface area contributed by atoms with E-state index in [4.69, 9.17) is 0 Å². The Balaban J connectivity index is 2.12. The third kappa shape index (κ3) is 1.94. The smallest absolute Gasteiger partial charge is 0.211 e. The van der Waals surface area contributed by atoms with Crippen LogP contribution in [-0.4, -0.2) is 31.1 Å². The average molecular weight is 231 g/mol. The Bertz CT molecular complexity index is 332. The molecule has 1 saturated carbocycles. The van der Waals surface area contributed by atoms with Crippen molar-refractivity contribution in [3.63, 3.8) is 0 Å². The van der Waals surface area contributed by atoms with E-state index in [9.17, 15) is 8.42 Å². The highest BCUT2D eigenvalue weighted by atomic mass is 32.2. The first-order valence-electron chi connectivity index (χ1n) is 5.92. The highest BCUT2D eigenvalue weighted by molar-refractivity contribution is 7.88. The maximum atomic E-state index is 11.6. The summed E-state index contributed by atoms with van der Waals surface area (Å²) in [4.78, 5) is 0. The van der Waals surface area contributed by atoms with Crippen LogP contribution in [0.4, 0.5) is 0 Å². The van der Waals surface area contributed by atoms with Gasteiger partial charge in [-0.15, -0.1) is 0 Å². The zero-order valence-corrected chi connectivity index (χ0v) is 10.5. The molecule has 0 spiro atoms. The molecular formula is C11H21NO2S. The quantitative estimate of drug-likeness (QED) is 0.729. The molecule has 4 heteroatoms. The van der Waals surface area contributed by atoms with Crippen LogP contribution >= 0.6 is 0 Å². The van der Waals surface area contributed by atoms with Crippen molar-refractivity contribution in [2.75, 3.05) is 12.8 Å². The van der Waals surface area contributed by atoms with Gasteiger partial charge < -0.3 is 0 Å². The van der Waals surface area contributed by atoms with Gasteiger partial charge >= 0.3 is 0 Å². The van der Waals surface area contributed by atoms with Gasteiger partial charge in [-0.25, -0.2) is 8.42 Å². The van der Waals surface area contributed by atoms with Crippen molar-refractivity contribution < 1.29 is 8.42 Å². The summed E-state index contributed by atoms with van der Waals surface area (Å²) in [6.07, 6.45) is 8.68. The first-order valence-corrected chi connectivity index (χ1v) is 7.77. The molecule has 0 N–H and O–H groups in total. The first kappa shape index (κ1) is 11.4. The van der Waals surface area contributed by atoms with Gasteiger partial charge in [-0.05, 0) is 32.1 Å². The van der Waals surface area contributed by atoms with E-state index in [2.05, 4.69) is 6.92 Å². The van der Waals surface area contributed by atoms with Crippen LogP contribution in [-0.2, 0) is 10.0 Å². The molecule has 88 valence electrons. The van der Waals surface area contributed by atoms with E-state index in [1.54, 1.807) is 4.31 Å². The highest BCUT2D eigenvalue weighted by Gasteiger charge is 2.50. The first-order chi connectivity index (χ1) is 6.94. The molecule has 0 radical (unpaired) electrons. The predicted molar refractivity (Wildman–Crippen MR) is 61.1 cm³/mol. The van der Waals surface area contributed by atoms with Crippen LogP contribution in [0.3, 0.4) is 0 Å². The van der Waals surface area contributed by atoms with E-state index in [0.717, 1.165) is 13.0 Å². The van der Waals surface area contributed by atoms with Crippen molar-refractivity contribution in [2.45, 2.75) is 51.0 Å². The topological polar surface area (TPSA) is 37.4 Å². The van der Waals surface area contributed by atoms with E-state index in [1.807, 2.05) is 0 Å². The Morgan fingerprint density at radius 2 is 1.80 bits per heavy atom. The molecule has 2 fully saturated rings. The second-order valence-electron chi connectivity index (χ2n) is 5.28. The molecule has 0 bridgehead atoms. The van der Waals surface area contributed by atoms with E-state index in [0.29, 0.717) is 5.92 Å². The van der Waals surface area contributed by atoms with Crippen LogP contribution in [0.1, 0.15) is 45.4 Å². The maximum absolute atomic E-state index is 11.6. The lowest BCUT2D eigenvalue weighted by Crippen LogP contribution is -2.63. The zero-order valence-electron chi connectivity index (χ0n) is 9.70. The third-order valence-electron chi connectivity index (χ3n) is 4.28. The molecule has 1 atom stereocenters. The predicted octanol–water partition coefficient (Wildman–Crippen LogP) is 1.99. The van der Waals surface area contributed by atoms with Gasteiger partial charge in [0.25, 0.3) is 0 Å². The summed E-state index contributed by atoms with van der Waals surface area (Å²) in [6.45, 7) is 2.86. The molecule has 1 aliphatic carbocycles. The molecule has 2 rings (SSSR count). The molecule has 1 unspecified atom stereocenters. The monoisotopic (exact) mass is 231 g/mol. The van der Waals surface area contributed by atoms with Crippen molar-refractivity contribution in [3.05, 3.63) is 0 Å². The Labute approximate surface area is 92.9 Å². The van der Waals surface area contributed by atoms with Crippen LogP contribution < -0.4 is 0 Å². The van der Waals surface area contributed by atoms with E-state index < -0.39 is 10.0 Å². The lowest BCUT2D eigenvalue weighted by atomic mass is 9.70. The molecule has 0 amide bonds. The fourth-order valence-corrected chi connectivity index (χ4v) is 4.65. The van der Waals surface area contributed by atoms with Crippen molar-refractivity contribution in [2.24, 2.45) is 5.92 Å². The van der Waals surface area contributed by atoms with Crippen LogP contribution in [0.5, 0.6) is 0 Å². The van der Waals surface area contributed by atoms with Gasteiger partial charge in [-0.2, -0.15) is 4.31 Å². The van der Waals surface area contributed by atoms with Gasteiger partial charge in [-0.3, -0.25) is 0 Å². The summed E-state index contributed by atoms with van der Waals surface area (Å²) in [5, 5.41) is 0. The second kappa shape index (κ2) is 3.74. The van der Waals surface area contributed by atoms with Gasteiger partial charge in [0.1, 0.15) is 0 Å². The number of hydrogen-bond acceptors (Lipinski definition) is 2.